The van der Waals surface area contributed by atoms with Crippen LogP contribution in [0.4, 0.5) is 5.13 Å². The Kier molecular flexibility index (Phi) is 5.46. The molecule has 2 N–H and O–H groups in total. The van der Waals surface area contributed by atoms with Crippen molar-refractivity contribution in [1.29, 1.82) is 0 Å². The number of nitrogens with one attached hydrogen (secondary N) is 1. The van der Waals surface area contributed by atoms with Gasteiger partial charge in [-0.3, -0.25) is 9.59 Å². The van der Waals surface area contributed by atoms with Crippen LogP contribution in [-0.2, 0) is 11.3 Å². The number of fused-ring (bicyclic) bond motifs is 1. The molecule has 0 bridgehead atoms. The third kappa shape index (κ3) is 4.14. The number of hydrogen-bond acceptors (Lipinski definition) is 7. The van der Waals surface area contributed by atoms with Crippen LogP contribution in [0.15, 0.2) is 58.7 Å². The van der Waals surface area contributed by atoms with E-state index >= 15 is 0 Å². The number of carboxylic acid groups (broad SMARTS) is 1. The van der Waals surface area contributed by atoms with Gasteiger partial charge in [-0.25, -0.2) is 14.5 Å². The summed E-state index contributed by atoms with van der Waals surface area (Å²) in [6.45, 7) is -0.443. The number of benzene rings is 2. The predicted octanol–water partition coefficient (Wildman–Crippen LogP) is 2.87. The standard InChI is InChI=1S/C21H16N4O5S/c1-30-13-8-6-12(7-9-13)16-11-31-21(22-16)23-17(26)10-25-19(27)15-5-3-2-4-14(15)18(24-25)20(28)29/h2-9,11H,10H2,1H3,(H,28,29)(H,22,23,26). The summed E-state index contributed by atoms with van der Waals surface area (Å²) in [5.74, 6) is -1.10. The Bertz CT molecular complexity index is 1340. The van der Waals surface area contributed by atoms with Crippen LogP contribution in [0.25, 0.3) is 22.0 Å². The Morgan fingerprint density at radius 2 is 1.84 bits per heavy atom. The fourth-order valence-electron chi connectivity index (χ4n) is 3.02. The predicted molar refractivity (Wildman–Crippen MR) is 116 cm³/mol. The van der Waals surface area contributed by atoms with Gasteiger partial charge in [-0.15, -0.1) is 11.3 Å². The molecule has 0 aliphatic heterocycles. The first-order valence-corrected chi connectivity index (χ1v) is 9.97. The van der Waals surface area contributed by atoms with Gasteiger partial charge in [-0.1, -0.05) is 18.2 Å². The lowest BCUT2D eigenvalue weighted by Gasteiger charge is -2.08. The van der Waals surface area contributed by atoms with Crippen molar-refractivity contribution in [3.63, 3.8) is 0 Å². The summed E-state index contributed by atoms with van der Waals surface area (Å²) in [5, 5.41) is 18.5. The molecule has 31 heavy (non-hydrogen) atoms. The van der Waals surface area contributed by atoms with Crippen molar-refractivity contribution < 1.29 is 19.4 Å². The molecule has 2 aromatic carbocycles. The normalized spacial score (nSPS) is 10.7. The summed E-state index contributed by atoms with van der Waals surface area (Å²) in [6.07, 6.45) is 0. The molecule has 0 spiro atoms. The monoisotopic (exact) mass is 436 g/mol. The molecule has 0 aliphatic rings. The maximum Gasteiger partial charge on any atom is 0.357 e. The molecule has 2 heterocycles. The van der Waals surface area contributed by atoms with Gasteiger partial charge in [-0.2, -0.15) is 5.10 Å². The maximum absolute atomic E-state index is 12.6. The third-order valence-corrected chi connectivity index (χ3v) is 5.26. The molecular weight excluding hydrogens is 420 g/mol. The van der Waals surface area contributed by atoms with Crippen molar-refractivity contribution in [1.82, 2.24) is 14.8 Å². The number of carbonyl (C=O) groups excluding carboxylic acids is 1. The minimum Gasteiger partial charge on any atom is -0.497 e. The number of ether oxygens (including phenoxy) is 1. The second-order valence-corrected chi connectivity index (χ2v) is 7.33. The number of aromatic carboxylic acids is 1. The zero-order valence-electron chi connectivity index (χ0n) is 16.2. The number of hydrogen-bond donors (Lipinski definition) is 2. The van der Waals surface area contributed by atoms with E-state index in [-0.39, 0.29) is 16.5 Å². The number of rotatable bonds is 6. The van der Waals surface area contributed by atoms with Gasteiger partial charge in [0.25, 0.3) is 5.56 Å². The number of nitrogens with zero attached hydrogens (tertiary/aromatic N) is 3. The van der Waals surface area contributed by atoms with Crippen molar-refractivity contribution in [2.45, 2.75) is 6.54 Å². The number of carbonyl (C=O) groups is 2. The second-order valence-electron chi connectivity index (χ2n) is 6.48. The van der Waals surface area contributed by atoms with E-state index in [1.54, 1.807) is 24.6 Å². The molecule has 0 aliphatic carbocycles. The Hall–Kier alpha value is -4.05. The van der Waals surface area contributed by atoms with Gasteiger partial charge in [0.2, 0.25) is 5.91 Å². The van der Waals surface area contributed by atoms with Crippen LogP contribution in [-0.4, -0.2) is 38.9 Å². The first-order chi connectivity index (χ1) is 15.0. The molecule has 10 heteroatoms. The van der Waals surface area contributed by atoms with Gasteiger partial charge < -0.3 is 15.2 Å². The summed E-state index contributed by atoms with van der Waals surface area (Å²) in [4.78, 5) is 41.0. The Morgan fingerprint density at radius 3 is 2.52 bits per heavy atom. The van der Waals surface area contributed by atoms with Crippen molar-refractivity contribution in [2.24, 2.45) is 0 Å². The van der Waals surface area contributed by atoms with Crippen LogP contribution >= 0.6 is 11.3 Å². The molecule has 9 nitrogen and oxygen atoms in total. The molecule has 0 saturated carbocycles. The highest BCUT2D eigenvalue weighted by Gasteiger charge is 2.17. The van der Waals surface area contributed by atoms with Gasteiger partial charge >= 0.3 is 5.97 Å². The topological polar surface area (TPSA) is 123 Å². The molecule has 2 aromatic heterocycles. The summed E-state index contributed by atoms with van der Waals surface area (Å²) in [7, 11) is 1.58. The van der Waals surface area contributed by atoms with Crippen LogP contribution in [0.5, 0.6) is 5.75 Å². The van der Waals surface area contributed by atoms with Crippen LogP contribution < -0.4 is 15.6 Å². The molecule has 156 valence electrons. The molecule has 0 fully saturated rings. The van der Waals surface area contributed by atoms with Gasteiger partial charge in [0.15, 0.2) is 10.8 Å². The smallest absolute Gasteiger partial charge is 0.357 e. The Balaban J connectivity index is 1.55. The van der Waals surface area contributed by atoms with Crippen molar-refractivity contribution in [3.05, 3.63) is 70.0 Å². The number of amides is 1. The lowest BCUT2D eigenvalue weighted by molar-refractivity contribution is -0.117. The average Bonchev–Trinajstić information content (AvgIpc) is 3.24. The number of aromatic nitrogens is 3. The van der Waals surface area contributed by atoms with E-state index in [1.807, 2.05) is 24.3 Å². The van der Waals surface area contributed by atoms with E-state index in [1.165, 1.54) is 23.5 Å². The zero-order chi connectivity index (χ0) is 22.0. The Morgan fingerprint density at radius 1 is 1.13 bits per heavy atom. The Labute approximate surface area is 179 Å². The SMILES string of the molecule is COc1ccc(-c2csc(NC(=O)Cn3nc(C(=O)O)c4ccccc4c3=O)n2)cc1. The molecular formula is C21H16N4O5S. The van der Waals surface area contributed by atoms with E-state index < -0.39 is 24.0 Å². The second kappa shape index (κ2) is 8.36. The van der Waals surface area contributed by atoms with Crippen LogP contribution in [0, 0.1) is 0 Å². The van der Waals surface area contributed by atoms with E-state index in [0.29, 0.717) is 10.8 Å². The molecule has 0 atom stereocenters. The third-order valence-electron chi connectivity index (χ3n) is 4.50. The first-order valence-electron chi connectivity index (χ1n) is 9.09. The van der Waals surface area contributed by atoms with E-state index in [2.05, 4.69) is 15.4 Å². The van der Waals surface area contributed by atoms with Crippen molar-refractivity contribution >= 4 is 39.1 Å². The lowest BCUT2D eigenvalue weighted by Crippen LogP contribution is -2.31. The summed E-state index contributed by atoms with van der Waals surface area (Å²) < 4.78 is 5.98. The quantitative estimate of drug-likeness (QED) is 0.476. The highest BCUT2D eigenvalue weighted by atomic mass is 32.1. The van der Waals surface area contributed by atoms with E-state index in [4.69, 9.17) is 4.74 Å². The summed E-state index contributed by atoms with van der Waals surface area (Å²) in [5.41, 5.74) is 0.695. The lowest BCUT2D eigenvalue weighted by atomic mass is 10.1. The highest BCUT2D eigenvalue weighted by molar-refractivity contribution is 7.14. The molecule has 1 amide bonds. The van der Waals surface area contributed by atoms with Crippen LogP contribution in [0.2, 0.25) is 0 Å². The zero-order valence-corrected chi connectivity index (χ0v) is 17.0. The molecule has 0 radical (unpaired) electrons. The minimum absolute atomic E-state index is 0.179. The average molecular weight is 436 g/mol. The van der Waals surface area contributed by atoms with Crippen molar-refractivity contribution in [2.75, 3.05) is 12.4 Å². The highest BCUT2D eigenvalue weighted by Crippen LogP contribution is 2.26. The van der Waals surface area contributed by atoms with E-state index in [0.717, 1.165) is 16.0 Å². The number of methoxy groups -OCH3 is 1. The molecule has 4 rings (SSSR count). The molecule has 0 unspecified atom stereocenters. The van der Waals surface area contributed by atoms with Gasteiger partial charge in [0.1, 0.15) is 12.3 Å². The molecule has 4 aromatic rings. The number of thiazole rings is 1. The molecule has 0 saturated heterocycles. The van der Waals surface area contributed by atoms with Gasteiger partial charge in [-0.05, 0) is 30.3 Å². The first kappa shape index (κ1) is 20.2. The summed E-state index contributed by atoms with van der Waals surface area (Å²) >= 11 is 1.23. The fraction of sp³-hybridized carbons (Fsp3) is 0.0952. The number of carboxylic acids is 1. The summed E-state index contributed by atoms with van der Waals surface area (Å²) in [6, 6.07) is 13.6. The van der Waals surface area contributed by atoms with E-state index in [9.17, 15) is 19.5 Å². The largest absolute Gasteiger partial charge is 0.497 e. The number of anilines is 1. The van der Waals surface area contributed by atoms with Crippen LogP contribution in [0.1, 0.15) is 10.5 Å². The fourth-order valence-corrected chi connectivity index (χ4v) is 3.76. The van der Waals surface area contributed by atoms with Gasteiger partial charge in [0.05, 0.1) is 18.2 Å². The maximum atomic E-state index is 12.6. The van der Waals surface area contributed by atoms with Crippen molar-refractivity contribution in [3.8, 4) is 17.0 Å². The van der Waals surface area contributed by atoms with Crippen LogP contribution in [0.3, 0.4) is 0 Å². The minimum atomic E-state index is -1.28. The van der Waals surface area contributed by atoms with Gasteiger partial charge in [0, 0.05) is 16.3 Å².